The van der Waals surface area contributed by atoms with Crippen LogP contribution in [0.3, 0.4) is 0 Å². The standard InChI is InChI=1S/C18H17F2N5OS2/c1-8-9(2)23-24-18-14(8)15(21)16(27-18)17(26)22-11-6-25(7-11)28-13-4-3-10(19)5-12(13)20/h3-5,11H,6-7,21H2,1-2H3,(H,22,26). The lowest BCUT2D eigenvalue weighted by atomic mass is 10.1. The van der Waals surface area contributed by atoms with Gasteiger partial charge in [-0.1, -0.05) is 0 Å². The van der Waals surface area contributed by atoms with Crippen LogP contribution < -0.4 is 11.1 Å². The summed E-state index contributed by atoms with van der Waals surface area (Å²) in [5.41, 5.74) is 8.32. The third-order valence-corrected chi connectivity index (χ3v) is 6.82. The van der Waals surface area contributed by atoms with Gasteiger partial charge in [0.15, 0.2) is 0 Å². The molecule has 0 atom stereocenters. The van der Waals surface area contributed by atoms with E-state index in [1.165, 1.54) is 35.4 Å². The van der Waals surface area contributed by atoms with Gasteiger partial charge in [0, 0.05) is 24.5 Å². The zero-order valence-corrected chi connectivity index (χ0v) is 16.8. The highest BCUT2D eigenvalue weighted by Gasteiger charge is 2.31. The van der Waals surface area contributed by atoms with Crippen molar-refractivity contribution in [2.24, 2.45) is 0 Å². The largest absolute Gasteiger partial charge is 0.397 e. The van der Waals surface area contributed by atoms with Crippen molar-refractivity contribution in [2.45, 2.75) is 24.8 Å². The molecule has 0 radical (unpaired) electrons. The molecule has 146 valence electrons. The summed E-state index contributed by atoms with van der Waals surface area (Å²) in [6.07, 6.45) is 0. The molecule has 1 aliphatic rings. The van der Waals surface area contributed by atoms with Crippen molar-refractivity contribution < 1.29 is 13.6 Å². The number of amides is 1. The second kappa shape index (κ2) is 7.26. The van der Waals surface area contributed by atoms with Crippen molar-refractivity contribution in [3.63, 3.8) is 0 Å². The van der Waals surface area contributed by atoms with Crippen LogP contribution in [0.1, 0.15) is 20.9 Å². The number of nitrogens with zero attached hydrogens (tertiary/aromatic N) is 3. The number of nitrogen functional groups attached to an aromatic ring is 1. The summed E-state index contributed by atoms with van der Waals surface area (Å²) in [5.74, 6) is -1.45. The number of nitrogens with one attached hydrogen (secondary N) is 1. The first-order valence-corrected chi connectivity index (χ1v) is 10.1. The summed E-state index contributed by atoms with van der Waals surface area (Å²) in [7, 11) is 0. The van der Waals surface area contributed by atoms with E-state index >= 15 is 0 Å². The van der Waals surface area contributed by atoms with Gasteiger partial charge < -0.3 is 11.1 Å². The SMILES string of the molecule is Cc1nnc2sc(C(=O)NC3CN(Sc4ccc(F)cc4F)C3)c(N)c2c1C. The van der Waals surface area contributed by atoms with Crippen LogP contribution in [-0.4, -0.2) is 39.5 Å². The number of carbonyl (C=O) groups excluding carboxylic acids is 1. The normalized spacial score (nSPS) is 15.0. The van der Waals surface area contributed by atoms with Gasteiger partial charge in [0.1, 0.15) is 21.3 Å². The number of anilines is 1. The van der Waals surface area contributed by atoms with Crippen molar-refractivity contribution in [1.82, 2.24) is 19.8 Å². The Morgan fingerprint density at radius 1 is 1.32 bits per heavy atom. The van der Waals surface area contributed by atoms with E-state index in [-0.39, 0.29) is 11.9 Å². The van der Waals surface area contributed by atoms with E-state index in [0.717, 1.165) is 22.7 Å². The molecule has 3 aromatic rings. The second-order valence-corrected chi connectivity index (χ2v) is 8.76. The predicted octanol–water partition coefficient (Wildman–Crippen LogP) is 3.29. The molecule has 0 spiro atoms. The predicted molar refractivity (Wildman–Crippen MR) is 106 cm³/mol. The van der Waals surface area contributed by atoms with Crippen LogP contribution in [0.15, 0.2) is 23.1 Å². The van der Waals surface area contributed by atoms with Crippen LogP contribution >= 0.6 is 23.3 Å². The minimum atomic E-state index is -0.605. The quantitative estimate of drug-likeness (QED) is 0.629. The molecule has 6 nitrogen and oxygen atoms in total. The highest BCUT2D eigenvalue weighted by Crippen LogP contribution is 2.35. The zero-order chi connectivity index (χ0) is 20.0. The average Bonchev–Trinajstić information content (AvgIpc) is 2.95. The number of carbonyl (C=O) groups is 1. The molecule has 2 aromatic heterocycles. The Balaban J connectivity index is 1.40. The summed E-state index contributed by atoms with van der Waals surface area (Å²) in [6.45, 7) is 4.86. The van der Waals surface area contributed by atoms with Gasteiger partial charge in [0.05, 0.1) is 22.3 Å². The van der Waals surface area contributed by atoms with Gasteiger partial charge in [-0.2, -0.15) is 5.10 Å². The molecule has 0 unspecified atom stereocenters. The van der Waals surface area contributed by atoms with Gasteiger partial charge in [0.2, 0.25) is 0 Å². The minimum Gasteiger partial charge on any atom is -0.397 e. The van der Waals surface area contributed by atoms with Crippen LogP contribution in [0.25, 0.3) is 10.2 Å². The Kier molecular flexibility index (Phi) is 4.94. The molecule has 10 heteroatoms. The number of thiophene rings is 1. The molecule has 3 N–H and O–H groups in total. The minimum absolute atomic E-state index is 0.0676. The average molecular weight is 421 g/mol. The molecular formula is C18H17F2N5OS2. The lowest BCUT2D eigenvalue weighted by molar-refractivity contribution is 0.0906. The van der Waals surface area contributed by atoms with Crippen molar-refractivity contribution in [2.75, 3.05) is 18.8 Å². The van der Waals surface area contributed by atoms with Crippen LogP contribution in [0, 0.1) is 25.5 Å². The number of fused-ring (bicyclic) bond motifs is 1. The molecule has 1 amide bonds. The van der Waals surface area contributed by atoms with Crippen LogP contribution in [0.5, 0.6) is 0 Å². The van der Waals surface area contributed by atoms with Crippen molar-refractivity contribution in [3.8, 4) is 0 Å². The summed E-state index contributed by atoms with van der Waals surface area (Å²) in [6, 6.07) is 3.42. The number of nitrogens with two attached hydrogens (primary N) is 1. The number of aromatic nitrogens is 2. The number of aryl methyl sites for hydroxylation is 2. The topological polar surface area (TPSA) is 84.1 Å². The number of hydrogen-bond donors (Lipinski definition) is 2. The van der Waals surface area contributed by atoms with Crippen molar-refractivity contribution >= 4 is 45.1 Å². The smallest absolute Gasteiger partial charge is 0.263 e. The number of rotatable bonds is 4. The maximum Gasteiger partial charge on any atom is 0.263 e. The summed E-state index contributed by atoms with van der Waals surface area (Å²) in [5, 5.41) is 11.9. The first-order valence-electron chi connectivity index (χ1n) is 8.54. The van der Waals surface area contributed by atoms with E-state index in [9.17, 15) is 13.6 Å². The van der Waals surface area contributed by atoms with Gasteiger partial charge >= 0.3 is 0 Å². The van der Waals surface area contributed by atoms with E-state index < -0.39 is 11.6 Å². The highest BCUT2D eigenvalue weighted by molar-refractivity contribution is 7.97. The molecule has 3 heterocycles. The van der Waals surface area contributed by atoms with E-state index in [4.69, 9.17) is 5.73 Å². The fraction of sp³-hybridized carbons (Fsp3) is 0.278. The second-order valence-electron chi connectivity index (χ2n) is 6.62. The Bertz CT molecular complexity index is 1080. The van der Waals surface area contributed by atoms with Crippen molar-refractivity contribution in [3.05, 3.63) is 46.0 Å². The number of hydrogen-bond acceptors (Lipinski definition) is 7. The number of halogens is 2. The number of benzene rings is 1. The lowest BCUT2D eigenvalue weighted by Gasteiger charge is -2.38. The molecule has 1 aromatic carbocycles. The Labute approximate surface area is 168 Å². The molecule has 0 saturated carbocycles. The summed E-state index contributed by atoms with van der Waals surface area (Å²) < 4.78 is 28.6. The lowest BCUT2D eigenvalue weighted by Crippen LogP contribution is -2.56. The van der Waals surface area contributed by atoms with E-state index in [0.29, 0.717) is 33.4 Å². The molecule has 28 heavy (non-hydrogen) atoms. The molecule has 1 aliphatic heterocycles. The maximum atomic E-state index is 13.7. The summed E-state index contributed by atoms with van der Waals surface area (Å²) in [4.78, 5) is 14.1. The molecule has 0 aliphatic carbocycles. The Morgan fingerprint density at radius 2 is 2.07 bits per heavy atom. The maximum absolute atomic E-state index is 13.7. The fourth-order valence-electron chi connectivity index (χ4n) is 2.95. The monoisotopic (exact) mass is 421 g/mol. The third-order valence-electron chi connectivity index (χ3n) is 4.65. The van der Waals surface area contributed by atoms with Crippen LogP contribution in [-0.2, 0) is 0 Å². The van der Waals surface area contributed by atoms with E-state index in [1.54, 1.807) is 0 Å². The third kappa shape index (κ3) is 3.43. The fourth-order valence-corrected chi connectivity index (χ4v) is 5.02. The molecule has 1 saturated heterocycles. The van der Waals surface area contributed by atoms with Gasteiger partial charge in [-0.05, 0) is 43.5 Å². The first kappa shape index (κ1) is 19.0. The zero-order valence-electron chi connectivity index (χ0n) is 15.1. The molecule has 1 fully saturated rings. The van der Waals surface area contributed by atoms with Gasteiger partial charge in [-0.15, -0.1) is 16.4 Å². The molecular weight excluding hydrogens is 404 g/mol. The van der Waals surface area contributed by atoms with Gasteiger partial charge in [-0.25, -0.2) is 13.1 Å². The van der Waals surface area contributed by atoms with Crippen molar-refractivity contribution in [1.29, 1.82) is 0 Å². The summed E-state index contributed by atoms with van der Waals surface area (Å²) >= 11 is 2.43. The van der Waals surface area contributed by atoms with Gasteiger partial charge in [-0.3, -0.25) is 4.79 Å². The first-order chi connectivity index (χ1) is 13.3. The molecule has 4 rings (SSSR count). The van der Waals surface area contributed by atoms with Crippen LogP contribution in [0.4, 0.5) is 14.5 Å². The van der Waals surface area contributed by atoms with Crippen LogP contribution in [0.2, 0.25) is 0 Å². The highest BCUT2D eigenvalue weighted by atomic mass is 32.2. The Morgan fingerprint density at radius 3 is 2.79 bits per heavy atom. The van der Waals surface area contributed by atoms with E-state index in [1.807, 2.05) is 18.2 Å². The van der Waals surface area contributed by atoms with Gasteiger partial charge in [0.25, 0.3) is 5.91 Å². The van der Waals surface area contributed by atoms with E-state index in [2.05, 4.69) is 15.5 Å². The molecule has 0 bridgehead atoms. The Hall–Kier alpha value is -2.30.